The number of nitriles is 1. The van der Waals surface area contributed by atoms with Crippen molar-refractivity contribution in [3.63, 3.8) is 0 Å². The summed E-state index contributed by atoms with van der Waals surface area (Å²) in [6.45, 7) is 3.28. The van der Waals surface area contributed by atoms with E-state index in [1.54, 1.807) is 13.8 Å². The lowest BCUT2D eigenvalue weighted by Crippen LogP contribution is -2.34. The number of carboxylic acids is 1. The van der Waals surface area contributed by atoms with Crippen molar-refractivity contribution in [3.05, 3.63) is 29.3 Å². The Morgan fingerprint density at radius 1 is 1.40 bits per heavy atom. The number of carbonyl (C=O) groups is 1. The third-order valence-corrected chi connectivity index (χ3v) is 2.70. The fourth-order valence-corrected chi connectivity index (χ4v) is 1.66. The average molecular weight is 286 g/mol. The standard InChI is InChI=1S/C13H13F3N2O2/c1-7(2)11(12(19)20)18-9-4-3-8(6-17)10(5-9)13(14,15)16/h3-5,7,11,18H,1-2H3,(H,19,20)/t11-/m1/s1. The van der Waals surface area contributed by atoms with Crippen LogP contribution in [-0.4, -0.2) is 17.1 Å². The number of benzene rings is 1. The van der Waals surface area contributed by atoms with Crippen LogP contribution in [0.2, 0.25) is 0 Å². The van der Waals surface area contributed by atoms with E-state index in [0.717, 1.165) is 12.1 Å². The number of halogens is 3. The molecule has 0 saturated carbocycles. The van der Waals surface area contributed by atoms with Gasteiger partial charge >= 0.3 is 12.1 Å². The summed E-state index contributed by atoms with van der Waals surface area (Å²) in [6.07, 6.45) is -4.67. The Kier molecular flexibility index (Phi) is 4.61. The Morgan fingerprint density at radius 2 is 2.00 bits per heavy atom. The van der Waals surface area contributed by atoms with Crippen LogP contribution in [0.25, 0.3) is 0 Å². The summed E-state index contributed by atoms with van der Waals surface area (Å²) in [5.74, 6) is -1.46. The van der Waals surface area contributed by atoms with Gasteiger partial charge in [0.15, 0.2) is 0 Å². The van der Waals surface area contributed by atoms with Crippen molar-refractivity contribution < 1.29 is 23.1 Å². The number of rotatable bonds is 4. The Morgan fingerprint density at radius 3 is 2.40 bits per heavy atom. The van der Waals surface area contributed by atoms with Gasteiger partial charge < -0.3 is 10.4 Å². The van der Waals surface area contributed by atoms with E-state index in [2.05, 4.69) is 5.32 Å². The van der Waals surface area contributed by atoms with Crippen molar-refractivity contribution in [1.29, 1.82) is 5.26 Å². The Bertz CT molecular complexity index is 548. The number of hydrogen-bond acceptors (Lipinski definition) is 3. The van der Waals surface area contributed by atoms with Crippen LogP contribution in [0.4, 0.5) is 18.9 Å². The van der Waals surface area contributed by atoms with Gasteiger partial charge in [0.05, 0.1) is 17.2 Å². The van der Waals surface area contributed by atoms with Crippen LogP contribution in [0.5, 0.6) is 0 Å². The molecule has 2 N–H and O–H groups in total. The van der Waals surface area contributed by atoms with Gasteiger partial charge in [-0.3, -0.25) is 0 Å². The molecule has 0 aliphatic rings. The second kappa shape index (κ2) is 5.82. The SMILES string of the molecule is CC(C)[C@@H](Nc1ccc(C#N)c(C(F)(F)F)c1)C(=O)O. The molecule has 0 aliphatic carbocycles. The molecule has 0 aliphatic heterocycles. The molecule has 0 aromatic heterocycles. The second-order valence-corrected chi connectivity index (χ2v) is 4.57. The third kappa shape index (κ3) is 3.63. The quantitative estimate of drug-likeness (QED) is 0.892. The summed E-state index contributed by atoms with van der Waals surface area (Å²) in [7, 11) is 0. The molecule has 4 nitrogen and oxygen atoms in total. The van der Waals surface area contributed by atoms with Gasteiger partial charge in [0.1, 0.15) is 6.04 Å². The number of anilines is 1. The van der Waals surface area contributed by atoms with Crippen LogP contribution in [0, 0.1) is 17.2 Å². The molecule has 1 rings (SSSR count). The van der Waals surface area contributed by atoms with E-state index in [1.807, 2.05) is 0 Å². The van der Waals surface area contributed by atoms with Crippen molar-refractivity contribution in [2.24, 2.45) is 5.92 Å². The lowest BCUT2D eigenvalue weighted by atomic mass is 10.0. The molecule has 0 bridgehead atoms. The van der Waals surface area contributed by atoms with Crippen LogP contribution >= 0.6 is 0 Å². The first-order valence-corrected chi connectivity index (χ1v) is 5.77. The second-order valence-electron chi connectivity index (χ2n) is 4.57. The lowest BCUT2D eigenvalue weighted by molar-refractivity contribution is -0.139. The highest BCUT2D eigenvalue weighted by molar-refractivity contribution is 5.77. The molecule has 7 heteroatoms. The number of carboxylic acid groups (broad SMARTS) is 1. The summed E-state index contributed by atoms with van der Waals surface area (Å²) in [4.78, 5) is 11.0. The van der Waals surface area contributed by atoms with Gasteiger partial charge in [-0.2, -0.15) is 18.4 Å². The number of aliphatic carboxylic acids is 1. The minimum Gasteiger partial charge on any atom is -0.480 e. The number of nitrogens with zero attached hydrogens (tertiary/aromatic N) is 1. The summed E-state index contributed by atoms with van der Waals surface area (Å²) >= 11 is 0. The van der Waals surface area contributed by atoms with Crippen LogP contribution in [-0.2, 0) is 11.0 Å². The molecule has 0 amide bonds. The minimum atomic E-state index is -4.67. The van der Waals surface area contributed by atoms with E-state index in [9.17, 15) is 18.0 Å². The van der Waals surface area contributed by atoms with Gasteiger partial charge in [0.2, 0.25) is 0 Å². The summed E-state index contributed by atoms with van der Waals surface area (Å²) < 4.78 is 38.3. The zero-order valence-electron chi connectivity index (χ0n) is 10.8. The van der Waals surface area contributed by atoms with E-state index >= 15 is 0 Å². The first-order valence-electron chi connectivity index (χ1n) is 5.77. The van der Waals surface area contributed by atoms with Gasteiger partial charge in [-0.1, -0.05) is 13.8 Å². The van der Waals surface area contributed by atoms with Crippen molar-refractivity contribution in [2.75, 3.05) is 5.32 Å². The van der Waals surface area contributed by atoms with Crippen LogP contribution < -0.4 is 5.32 Å². The summed E-state index contributed by atoms with van der Waals surface area (Å²) in [6, 6.07) is 3.48. The Hall–Kier alpha value is -2.23. The maximum atomic E-state index is 12.8. The molecule has 1 atom stereocenters. The van der Waals surface area contributed by atoms with Crippen molar-refractivity contribution in [2.45, 2.75) is 26.1 Å². The van der Waals surface area contributed by atoms with Crippen LogP contribution in [0.3, 0.4) is 0 Å². The number of hydrogen-bond donors (Lipinski definition) is 2. The Labute approximate surface area is 113 Å². The molecule has 0 unspecified atom stereocenters. The molecule has 20 heavy (non-hydrogen) atoms. The lowest BCUT2D eigenvalue weighted by Gasteiger charge is -2.20. The van der Waals surface area contributed by atoms with E-state index in [0.29, 0.717) is 0 Å². The van der Waals surface area contributed by atoms with Gasteiger partial charge in [0, 0.05) is 5.69 Å². The average Bonchev–Trinajstić information content (AvgIpc) is 2.33. The Balaban J connectivity index is 3.16. The predicted octanol–water partition coefficient (Wildman–Crippen LogP) is 3.10. The molecule has 0 saturated heterocycles. The molecule has 0 heterocycles. The molecule has 0 radical (unpaired) electrons. The molecule has 0 fully saturated rings. The predicted molar refractivity (Wildman–Crippen MR) is 66.0 cm³/mol. The highest BCUT2D eigenvalue weighted by Crippen LogP contribution is 2.33. The summed E-state index contributed by atoms with van der Waals surface area (Å²) in [5.41, 5.74) is -1.57. The summed E-state index contributed by atoms with van der Waals surface area (Å²) in [5, 5.41) is 20.2. The first-order chi connectivity index (χ1) is 9.16. The fourth-order valence-electron chi connectivity index (χ4n) is 1.66. The van der Waals surface area contributed by atoms with Crippen LogP contribution in [0.1, 0.15) is 25.0 Å². The smallest absolute Gasteiger partial charge is 0.417 e. The van der Waals surface area contributed by atoms with E-state index in [4.69, 9.17) is 10.4 Å². The number of nitrogens with one attached hydrogen (secondary N) is 1. The maximum absolute atomic E-state index is 12.8. The molecular weight excluding hydrogens is 273 g/mol. The highest BCUT2D eigenvalue weighted by Gasteiger charge is 2.34. The van der Waals surface area contributed by atoms with E-state index in [1.165, 1.54) is 12.1 Å². The molecule has 108 valence electrons. The first kappa shape index (κ1) is 15.8. The molecule has 1 aromatic rings. The zero-order chi connectivity index (χ0) is 15.5. The molecular formula is C13H13F3N2O2. The topological polar surface area (TPSA) is 73.1 Å². The van der Waals surface area contributed by atoms with Crippen molar-refractivity contribution >= 4 is 11.7 Å². The fraction of sp³-hybridized carbons (Fsp3) is 0.385. The van der Waals surface area contributed by atoms with E-state index in [-0.39, 0.29) is 11.6 Å². The van der Waals surface area contributed by atoms with Crippen LogP contribution in [0.15, 0.2) is 18.2 Å². The van der Waals surface area contributed by atoms with Gasteiger partial charge in [-0.25, -0.2) is 4.79 Å². The monoisotopic (exact) mass is 286 g/mol. The normalized spacial score (nSPS) is 12.8. The highest BCUT2D eigenvalue weighted by atomic mass is 19.4. The van der Waals surface area contributed by atoms with Crippen molar-refractivity contribution in [1.82, 2.24) is 0 Å². The minimum absolute atomic E-state index is 0.0115. The van der Waals surface area contributed by atoms with Gasteiger partial charge in [0.25, 0.3) is 0 Å². The van der Waals surface area contributed by atoms with E-state index < -0.39 is 29.3 Å². The molecule has 1 aromatic carbocycles. The maximum Gasteiger partial charge on any atom is 0.417 e. The van der Waals surface area contributed by atoms with Gasteiger partial charge in [-0.05, 0) is 24.1 Å². The zero-order valence-corrected chi connectivity index (χ0v) is 10.8. The molecule has 0 spiro atoms. The van der Waals surface area contributed by atoms with Gasteiger partial charge in [-0.15, -0.1) is 0 Å². The third-order valence-electron chi connectivity index (χ3n) is 2.70. The largest absolute Gasteiger partial charge is 0.480 e. The number of alkyl halides is 3. The van der Waals surface area contributed by atoms with Crippen molar-refractivity contribution in [3.8, 4) is 6.07 Å².